The van der Waals surface area contributed by atoms with Gasteiger partial charge in [-0.05, 0) is 44.0 Å². The summed E-state index contributed by atoms with van der Waals surface area (Å²) in [5.41, 5.74) is 2.82. The van der Waals surface area contributed by atoms with Crippen molar-refractivity contribution in [3.63, 3.8) is 0 Å². The number of piperidine rings is 3. The average Bonchev–Trinajstić information content (AvgIpc) is 2.96. The highest BCUT2D eigenvalue weighted by Gasteiger charge is 2.41. The van der Waals surface area contributed by atoms with E-state index in [4.69, 9.17) is 0 Å². The van der Waals surface area contributed by atoms with Crippen molar-refractivity contribution in [3.8, 4) is 0 Å². The van der Waals surface area contributed by atoms with Crippen molar-refractivity contribution < 1.29 is 4.79 Å². The fourth-order valence-electron chi connectivity index (χ4n) is 4.38. The molecule has 2 bridgehead atoms. The summed E-state index contributed by atoms with van der Waals surface area (Å²) in [6, 6.07) is 6.24. The number of aromatic amines is 1. The summed E-state index contributed by atoms with van der Waals surface area (Å²) in [4.78, 5) is 17.5. The average molecular weight is 282 g/mol. The van der Waals surface area contributed by atoms with Crippen LogP contribution in [-0.4, -0.2) is 51.6 Å². The molecule has 1 N–H and O–H groups in total. The molecule has 108 valence electrons. The fraction of sp³-hybridized carbons (Fsp3) is 0.500. The van der Waals surface area contributed by atoms with Gasteiger partial charge in [0.2, 0.25) is 0 Å². The number of rotatable bonds is 1. The van der Waals surface area contributed by atoms with Gasteiger partial charge >= 0.3 is 0 Å². The van der Waals surface area contributed by atoms with Crippen LogP contribution in [0, 0.1) is 5.92 Å². The predicted octanol–water partition coefficient (Wildman–Crippen LogP) is 1.61. The summed E-state index contributed by atoms with van der Waals surface area (Å²) >= 11 is 0. The van der Waals surface area contributed by atoms with Gasteiger partial charge in [-0.25, -0.2) is 0 Å². The summed E-state index contributed by atoms with van der Waals surface area (Å²) in [6.07, 6.45) is 2.46. The largest absolute Gasteiger partial charge is 0.328 e. The van der Waals surface area contributed by atoms with E-state index in [2.05, 4.69) is 20.0 Å². The molecule has 0 unspecified atom stereocenters. The molecule has 21 heavy (non-hydrogen) atoms. The Morgan fingerprint density at radius 1 is 1.24 bits per heavy atom. The summed E-state index contributed by atoms with van der Waals surface area (Å²) in [6.45, 7) is 4.09. The van der Waals surface area contributed by atoms with E-state index in [1.807, 2.05) is 18.2 Å². The van der Waals surface area contributed by atoms with Crippen LogP contribution in [0.25, 0.3) is 10.9 Å². The number of nitrogens with one attached hydrogen (secondary N) is 1. The Bertz CT molecular complexity index is 729. The second-order valence-corrected chi connectivity index (χ2v) is 6.54. The smallest absolute Gasteiger partial charge is 0.255 e. The van der Waals surface area contributed by atoms with E-state index in [1.165, 1.54) is 25.9 Å². The Kier molecular flexibility index (Phi) is 2.28. The van der Waals surface area contributed by atoms with Crippen LogP contribution >= 0.6 is 0 Å². The van der Waals surface area contributed by atoms with E-state index >= 15 is 0 Å². The Balaban J connectivity index is 1.57. The number of H-pyrrole nitrogens is 1. The van der Waals surface area contributed by atoms with Crippen LogP contribution in [0.1, 0.15) is 28.9 Å². The van der Waals surface area contributed by atoms with Gasteiger partial charge in [0.15, 0.2) is 0 Å². The third-order valence-corrected chi connectivity index (χ3v) is 5.50. The highest BCUT2D eigenvalue weighted by Crippen LogP contribution is 2.36. The van der Waals surface area contributed by atoms with Crippen molar-refractivity contribution >= 4 is 16.8 Å². The van der Waals surface area contributed by atoms with Gasteiger partial charge in [-0.3, -0.25) is 9.89 Å². The molecular weight excluding hydrogens is 264 g/mol. The summed E-state index contributed by atoms with van der Waals surface area (Å²) in [5, 5.41) is 8.52. The zero-order valence-electron chi connectivity index (χ0n) is 11.9. The van der Waals surface area contributed by atoms with Gasteiger partial charge in [0.05, 0.1) is 23.3 Å². The molecule has 0 aliphatic carbocycles. The molecule has 1 amide bonds. The SMILES string of the molecule is O=C1c2cccc3[nH]nc(c23)CN1[C@@H]1CN2CCC1CC2. The topological polar surface area (TPSA) is 52.2 Å². The molecule has 3 saturated heterocycles. The summed E-state index contributed by atoms with van der Waals surface area (Å²) in [5.74, 6) is 0.854. The summed E-state index contributed by atoms with van der Waals surface area (Å²) in [7, 11) is 0. The molecule has 0 radical (unpaired) electrons. The zero-order valence-corrected chi connectivity index (χ0v) is 11.9. The monoisotopic (exact) mass is 282 g/mol. The number of hydrogen-bond donors (Lipinski definition) is 1. The van der Waals surface area contributed by atoms with Crippen LogP contribution in [0.2, 0.25) is 0 Å². The van der Waals surface area contributed by atoms with Crippen molar-refractivity contribution in [1.82, 2.24) is 20.0 Å². The molecule has 1 aromatic carbocycles. The number of amides is 1. The lowest BCUT2D eigenvalue weighted by atomic mass is 9.82. The lowest BCUT2D eigenvalue weighted by molar-refractivity contribution is 0.00367. The quantitative estimate of drug-likeness (QED) is 0.864. The van der Waals surface area contributed by atoms with Crippen LogP contribution in [0.3, 0.4) is 0 Å². The van der Waals surface area contributed by atoms with Crippen molar-refractivity contribution in [3.05, 3.63) is 29.5 Å². The molecule has 2 aromatic rings. The molecule has 5 nitrogen and oxygen atoms in total. The molecule has 0 saturated carbocycles. The number of carbonyl (C=O) groups is 1. The van der Waals surface area contributed by atoms with Crippen LogP contribution < -0.4 is 0 Å². The number of carbonyl (C=O) groups excluding carboxylic acids is 1. The first-order valence-corrected chi connectivity index (χ1v) is 7.80. The number of nitrogens with zero attached hydrogens (tertiary/aromatic N) is 3. The first kappa shape index (κ1) is 11.7. The molecule has 4 aliphatic rings. The van der Waals surface area contributed by atoms with Crippen molar-refractivity contribution in [2.45, 2.75) is 25.4 Å². The van der Waals surface area contributed by atoms with Crippen LogP contribution in [0.15, 0.2) is 18.2 Å². The second kappa shape index (κ2) is 4.07. The summed E-state index contributed by atoms with van der Waals surface area (Å²) < 4.78 is 0. The van der Waals surface area contributed by atoms with Crippen LogP contribution in [-0.2, 0) is 6.54 Å². The minimum Gasteiger partial charge on any atom is -0.328 e. The van der Waals surface area contributed by atoms with Gasteiger partial charge in [-0.15, -0.1) is 0 Å². The lowest BCUT2D eigenvalue weighted by Crippen LogP contribution is -2.58. The Morgan fingerprint density at radius 2 is 2.10 bits per heavy atom. The van der Waals surface area contributed by atoms with Crippen molar-refractivity contribution in [1.29, 1.82) is 0 Å². The normalized spacial score (nSPS) is 31.1. The number of hydrogen-bond acceptors (Lipinski definition) is 3. The first-order valence-electron chi connectivity index (χ1n) is 7.80. The van der Waals surface area contributed by atoms with E-state index in [9.17, 15) is 4.79 Å². The van der Waals surface area contributed by atoms with Crippen LogP contribution in [0.5, 0.6) is 0 Å². The molecule has 1 atom stereocenters. The van der Waals surface area contributed by atoms with E-state index < -0.39 is 0 Å². The Labute approximate surface area is 122 Å². The van der Waals surface area contributed by atoms with Crippen LogP contribution in [0.4, 0.5) is 0 Å². The van der Waals surface area contributed by atoms with Crippen molar-refractivity contribution in [2.75, 3.05) is 19.6 Å². The maximum Gasteiger partial charge on any atom is 0.255 e. The standard InChI is InChI=1S/C16H18N4O/c21-16-11-2-1-3-12-15(11)13(18-17-12)8-20(16)14-9-19-6-4-10(14)5-7-19/h1-3,10,14H,4-9H2,(H,17,18)/t14-/m1/s1. The minimum absolute atomic E-state index is 0.188. The van der Waals surface area contributed by atoms with Gasteiger partial charge in [-0.2, -0.15) is 5.10 Å². The van der Waals surface area contributed by atoms with Gasteiger partial charge in [0.1, 0.15) is 0 Å². The molecule has 0 spiro atoms. The molecule has 6 rings (SSSR count). The van der Waals surface area contributed by atoms with Crippen molar-refractivity contribution in [2.24, 2.45) is 5.92 Å². The first-order chi connectivity index (χ1) is 10.3. The van der Waals surface area contributed by atoms with E-state index in [1.54, 1.807) is 0 Å². The highest BCUT2D eigenvalue weighted by molar-refractivity contribution is 6.09. The molecule has 4 aliphatic heterocycles. The minimum atomic E-state index is 0.188. The van der Waals surface area contributed by atoms with E-state index in [0.29, 0.717) is 18.5 Å². The molecule has 5 heterocycles. The zero-order chi connectivity index (χ0) is 14.0. The highest BCUT2D eigenvalue weighted by atomic mass is 16.2. The van der Waals surface area contributed by atoms with E-state index in [0.717, 1.165) is 28.7 Å². The lowest BCUT2D eigenvalue weighted by Gasteiger charge is -2.49. The number of benzene rings is 1. The molecular formula is C16H18N4O. The second-order valence-electron chi connectivity index (χ2n) is 6.54. The molecule has 5 heteroatoms. The van der Waals surface area contributed by atoms with Gasteiger partial charge < -0.3 is 9.80 Å². The van der Waals surface area contributed by atoms with E-state index in [-0.39, 0.29) is 5.91 Å². The van der Waals surface area contributed by atoms with Gasteiger partial charge in [-0.1, -0.05) is 6.07 Å². The predicted molar refractivity (Wildman–Crippen MR) is 78.9 cm³/mol. The fourth-order valence-corrected chi connectivity index (χ4v) is 4.38. The third kappa shape index (κ3) is 1.55. The van der Waals surface area contributed by atoms with Gasteiger partial charge in [0.25, 0.3) is 5.91 Å². The third-order valence-electron chi connectivity index (χ3n) is 5.50. The number of fused-ring (bicyclic) bond motifs is 3. The molecule has 3 fully saturated rings. The Morgan fingerprint density at radius 3 is 2.86 bits per heavy atom. The maximum absolute atomic E-state index is 12.9. The number of aromatic nitrogens is 2. The van der Waals surface area contributed by atoms with Gasteiger partial charge in [0, 0.05) is 18.0 Å². The molecule has 1 aromatic heterocycles. The maximum atomic E-state index is 12.9. The Hall–Kier alpha value is -1.88.